The molecular weight excluding hydrogens is 456 g/mol. The molecule has 1 aliphatic rings. The maximum atomic E-state index is 13.1. The van der Waals surface area contributed by atoms with E-state index in [1.165, 1.54) is 23.6 Å². The van der Waals surface area contributed by atoms with E-state index in [0.29, 0.717) is 35.1 Å². The van der Waals surface area contributed by atoms with Gasteiger partial charge < -0.3 is 19.6 Å². The summed E-state index contributed by atoms with van der Waals surface area (Å²) in [6, 6.07) is 11.9. The fraction of sp³-hybridized carbons (Fsp3) is 0.167. The Hall–Kier alpha value is -4.18. The van der Waals surface area contributed by atoms with E-state index < -0.39 is 11.5 Å². The Morgan fingerprint density at radius 2 is 2.09 bits per heavy atom. The molecule has 0 bridgehead atoms. The first-order valence-corrected chi connectivity index (χ1v) is 11.3. The van der Waals surface area contributed by atoms with Crippen LogP contribution in [0.3, 0.4) is 0 Å². The highest BCUT2D eigenvalue weighted by atomic mass is 32.1. The fourth-order valence-electron chi connectivity index (χ4n) is 3.89. The Morgan fingerprint density at radius 3 is 2.76 bits per heavy atom. The fourth-order valence-corrected chi connectivity index (χ4v) is 4.70. The molecule has 4 aromatic rings. The molecule has 2 N–H and O–H groups in total. The SMILES string of the molecule is COc1ccc(NC(=O)c2cnn3c2N=C(c2c(O)cc(C)oc2=O)C[C@@H]3c2cccs2)cc1. The van der Waals surface area contributed by atoms with E-state index in [4.69, 9.17) is 9.15 Å². The van der Waals surface area contributed by atoms with Gasteiger partial charge in [0.1, 0.15) is 28.4 Å². The van der Waals surface area contributed by atoms with Crippen LogP contribution in [0.15, 0.2) is 68.2 Å². The zero-order valence-corrected chi connectivity index (χ0v) is 19.1. The largest absolute Gasteiger partial charge is 0.507 e. The number of hydrogen-bond acceptors (Lipinski definition) is 8. The molecule has 10 heteroatoms. The summed E-state index contributed by atoms with van der Waals surface area (Å²) in [5.74, 6) is 0.647. The number of aryl methyl sites for hydroxylation is 1. The highest BCUT2D eigenvalue weighted by Crippen LogP contribution is 2.38. The first-order valence-electron chi connectivity index (χ1n) is 10.4. The number of thiophene rings is 1. The van der Waals surface area contributed by atoms with Crippen molar-refractivity contribution in [2.45, 2.75) is 19.4 Å². The summed E-state index contributed by atoms with van der Waals surface area (Å²) in [4.78, 5) is 31.3. The van der Waals surface area contributed by atoms with Crippen molar-refractivity contribution in [3.63, 3.8) is 0 Å². The molecule has 0 spiro atoms. The third-order valence-electron chi connectivity index (χ3n) is 5.50. The van der Waals surface area contributed by atoms with Crippen LogP contribution in [-0.4, -0.2) is 33.6 Å². The van der Waals surface area contributed by atoms with Crippen LogP contribution in [0.4, 0.5) is 11.5 Å². The van der Waals surface area contributed by atoms with Crippen molar-refractivity contribution in [2.75, 3.05) is 12.4 Å². The van der Waals surface area contributed by atoms with Crippen LogP contribution in [0, 0.1) is 6.92 Å². The van der Waals surface area contributed by atoms with E-state index in [2.05, 4.69) is 15.4 Å². The Morgan fingerprint density at radius 1 is 1.29 bits per heavy atom. The van der Waals surface area contributed by atoms with Gasteiger partial charge in [-0.2, -0.15) is 5.10 Å². The molecule has 3 aromatic heterocycles. The maximum Gasteiger partial charge on any atom is 0.348 e. The van der Waals surface area contributed by atoms with Crippen LogP contribution in [0.2, 0.25) is 0 Å². The highest BCUT2D eigenvalue weighted by molar-refractivity contribution is 7.10. The lowest BCUT2D eigenvalue weighted by Gasteiger charge is -2.24. The van der Waals surface area contributed by atoms with Gasteiger partial charge in [-0.25, -0.2) is 14.5 Å². The second kappa shape index (κ2) is 8.64. The number of fused-ring (bicyclic) bond motifs is 1. The van der Waals surface area contributed by atoms with E-state index >= 15 is 0 Å². The van der Waals surface area contributed by atoms with Gasteiger partial charge in [-0.1, -0.05) is 6.07 Å². The predicted molar refractivity (Wildman–Crippen MR) is 128 cm³/mol. The third kappa shape index (κ3) is 3.88. The van der Waals surface area contributed by atoms with Gasteiger partial charge in [0.25, 0.3) is 5.91 Å². The number of ether oxygens (including phenoxy) is 1. The number of carbonyl (C=O) groups excluding carboxylic acids is 1. The number of methoxy groups -OCH3 is 1. The molecule has 1 amide bonds. The molecule has 1 atom stereocenters. The molecule has 0 fully saturated rings. The van der Waals surface area contributed by atoms with Crippen molar-refractivity contribution in [1.29, 1.82) is 0 Å². The van der Waals surface area contributed by atoms with Gasteiger partial charge in [0, 0.05) is 23.1 Å². The van der Waals surface area contributed by atoms with Gasteiger partial charge in [0.05, 0.1) is 25.1 Å². The number of aromatic hydroxyl groups is 1. The number of nitrogens with one attached hydrogen (secondary N) is 1. The average molecular weight is 477 g/mol. The van der Waals surface area contributed by atoms with Crippen molar-refractivity contribution in [3.05, 3.63) is 86.2 Å². The van der Waals surface area contributed by atoms with Crippen molar-refractivity contribution in [3.8, 4) is 11.5 Å². The Balaban J connectivity index is 1.58. The summed E-state index contributed by atoms with van der Waals surface area (Å²) < 4.78 is 12.0. The molecule has 0 unspecified atom stereocenters. The molecule has 5 rings (SSSR count). The Kier molecular flexibility index (Phi) is 5.50. The topological polar surface area (TPSA) is 119 Å². The van der Waals surface area contributed by atoms with Gasteiger partial charge >= 0.3 is 5.63 Å². The molecule has 172 valence electrons. The van der Waals surface area contributed by atoms with Crippen LogP contribution >= 0.6 is 11.3 Å². The normalized spacial score (nSPS) is 14.9. The van der Waals surface area contributed by atoms with Crippen molar-refractivity contribution >= 4 is 34.5 Å². The molecule has 0 aliphatic carbocycles. The lowest BCUT2D eigenvalue weighted by atomic mass is 10.00. The van der Waals surface area contributed by atoms with Gasteiger partial charge in [-0.15, -0.1) is 11.3 Å². The standard InChI is InChI=1S/C24H20N4O5S/c1-13-10-19(29)21(24(31)33-13)17-11-18(20-4-3-9-34-20)28-22(27-17)16(12-25-28)23(30)26-14-5-7-15(32-2)8-6-14/h3-10,12,18,29H,11H2,1-2H3,(H,26,30)/t18-/m1/s1. The number of benzene rings is 1. The first-order chi connectivity index (χ1) is 16.4. The maximum absolute atomic E-state index is 13.1. The second-order valence-corrected chi connectivity index (χ2v) is 8.69. The van der Waals surface area contributed by atoms with Gasteiger partial charge in [0.15, 0.2) is 5.82 Å². The zero-order valence-electron chi connectivity index (χ0n) is 18.3. The lowest BCUT2D eigenvalue weighted by molar-refractivity contribution is 0.102. The number of aliphatic imine (C=N–C) groups is 1. The quantitative estimate of drug-likeness (QED) is 0.444. The minimum Gasteiger partial charge on any atom is -0.507 e. The molecule has 0 saturated carbocycles. The number of carbonyl (C=O) groups is 1. The van der Waals surface area contributed by atoms with E-state index in [1.807, 2.05) is 17.5 Å². The smallest absolute Gasteiger partial charge is 0.348 e. The molecule has 1 aliphatic heterocycles. The molecular formula is C24H20N4O5S. The second-order valence-electron chi connectivity index (χ2n) is 7.71. The molecule has 1 aromatic carbocycles. The third-order valence-corrected chi connectivity index (χ3v) is 6.47. The summed E-state index contributed by atoms with van der Waals surface area (Å²) in [5, 5.41) is 19.7. The average Bonchev–Trinajstić information content (AvgIpc) is 3.49. The lowest BCUT2D eigenvalue weighted by Crippen LogP contribution is -2.25. The van der Waals surface area contributed by atoms with Crippen LogP contribution in [0.25, 0.3) is 0 Å². The summed E-state index contributed by atoms with van der Waals surface area (Å²) in [5.41, 5.74) is 0.457. The Bertz CT molecular complexity index is 1450. The Labute approximate surface area is 198 Å². The zero-order chi connectivity index (χ0) is 23.8. The molecule has 0 saturated heterocycles. The van der Waals surface area contributed by atoms with Crippen molar-refractivity contribution in [2.24, 2.45) is 4.99 Å². The number of rotatable bonds is 5. The highest BCUT2D eigenvalue weighted by Gasteiger charge is 2.32. The number of anilines is 1. The summed E-state index contributed by atoms with van der Waals surface area (Å²) in [7, 11) is 1.57. The predicted octanol–water partition coefficient (Wildman–Crippen LogP) is 4.29. The minimum absolute atomic E-state index is 0.0129. The van der Waals surface area contributed by atoms with Crippen molar-refractivity contribution < 1.29 is 19.1 Å². The van der Waals surface area contributed by atoms with Crippen LogP contribution in [0.5, 0.6) is 11.5 Å². The number of hydrogen-bond donors (Lipinski definition) is 2. The van der Waals surface area contributed by atoms with Crippen LogP contribution in [-0.2, 0) is 0 Å². The van der Waals surface area contributed by atoms with E-state index in [-0.39, 0.29) is 22.9 Å². The van der Waals surface area contributed by atoms with E-state index in [0.717, 1.165) is 4.88 Å². The minimum atomic E-state index is -0.682. The molecule has 34 heavy (non-hydrogen) atoms. The summed E-state index contributed by atoms with van der Waals surface area (Å²) in [6.45, 7) is 1.58. The van der Waals surface area contributed by atoms with Crippen LogP contribution in [0.1, 0.15) is 39.0 Å². The van der Waals surface area contributed by atoms with Crippen molar-refractivity contribution in [1.82, 2.24) is 9.78 Å². The van der Waals surface area contributed by atoms with Crippen LogP contribution < -0.4 is 15.7 Å². The molecule has 0 radical (unpaired) electrons. The van der Waals surface area contributed by atoms with Gasteiger partial charge in [-0.05, 0) is 42.6 Å². The van der Waals surface area contributed by atoms with E-state index in [9.17, 15) is 14.7 Å². The first kappa shape index (κ1) is 21.7. The summed E-state index contributed by atoms with van der Waals surface area (Å²) >= 11 is 1.53. The molecule has 4 heterocycles. The number of nitrogens with zero attached hydrogens (tertiary/aromatic N) is 3. The number of aromatic nitrogens is 2. The van der Waals surface area contributed by atoms with Gasteiger partial charge in [0.2, 0.25) is 0 Å². The summed E-state index contributed by atoms with van der Waals surface area (Å²) in [6.07, 6.45) is 1.76. The number of amides is 1. The van der Waals surface area contributed by atoms with Gasteiger partial charge in [-0.3, -0.25) is 4.79 Å². The monoisotopic (exact) mass is 476 g/mol. The molecule has 9 nitrogen and oxygen atoms in total. The van der Waals surface area contributed by atoms with E-state index in [1.54, 1.807) is 43.0 Å².